The highest BCUT2D eigenvalue weighted by atomic mass is 35.5. The second-order valence-electron chi connectivity index (χ2n) is 6.10. The van der Waals surface area contributed by atoms with E-state index in [1.54, 1.807) is 13.2 Å². The van der Waals surface area contributed by atoms with Crippen molar-refractivity contribution in [3.05, 3.63) is 58.6 Å². The Morgan fingerprint density at radius 1 is 1.23 bits per heavy atom. The molecule has 0 unspecified atom stereocenters. The number of rotatable bonds is 6. The summed E-state index contributed by atoms with van der Waals surface area (Å²) in [5, 5.41) is 13.8. The SMILES string of the molecule is COCCOc1ccc(N2CCNC[C@H]2c2ccc(Cl)cc2)c(C#N)c1. The number of nitriles is 1. The Kier molecular flexibility index (Phi) is 6.35. The van der Waals surface area contributed by atoms with E-state index < -0.39 is 0 Å². The van der Waals surface area contributed by atoms with E-state index >= 15 is 0 Å². The lowest BCUT2D eigenvalue weighted by Crippen LogP contribution is -2.46. The fourth-order valence-electron chi connectivity index (χ4n) is 3.16. The summed E-state index contributed by atoms with van der Waals surface area (Å²) >= 11 is 6.03. The van der Waals surface area contributed by atoms with Gasteiger partial charge in [0.05, 0.1) is 23.9 Å². The molecule has 1 aliphatic rings. The third-order valence-electron chi connectivity index (χ3n) is 4.45. The van der Waals surface area contributed by atoms with Gasteiger partial charge in [-0.05, 0) is 35.9 Å². The standard InChI is InChI=1S/C20H22ClN3O2/c1-25-10-11-26-18-6-7-19(16(12-18)13-22)24-9-8-23-14-20(24)15-2-4-17(21)5-3-15/h2-7,12,20,23H,8-11,14H2,1H3/t20-/m0/s1. The van der Waals surface area contributed by atoms with Crippen LogP contribution in [-0.2, 0) is 4.74 Å². The van der Waals surface area contributed by atoms with Crippen molar-refractivity contribution in [3.8, 4) is 11.8 Å². The Bertz CT molecular complexity index is 774. The number of hydrogen-bond donors (Lipinski definition) is 1. The Morgan fingerprint density at radius 2 is 2.04 bits per heavy atom. The lowest BCUT2D eigenvalue weighted by molar-refractivity contribution is 0.146. The quantitative estimate of drug-likeness (QED) is 0.789. The summed E-state index contributed by atoms with van der Waals surface area (Å²) in [6.45, 7) is 3.49. The van der Waals surface area contributed by atoms with Crippen molar-refractivity contribution in [2.75, 3.05) is 44.9 Å². The number of piperazine rings is 1. The van der Waals surface area contributed by atoms with Gasteiger partial charge in [-0.1, -0.05) is 23.7 Å². The predicted molar refractivity (Wildman–Crippen MR) is 103 cm³/mol. The number of ether oxygens (including phenoxy) is 2. The highest BCUT2D eigenvalue weighted by molar-refractivity contribution is 6.30. The van der Waals surface area contributed by atoms with Crippen LogP contribution in [-0.4, -0.2) is 40.0 Å². The van der Waals surface area contributed by atoms with Crippen LogP contribution < -0.4 is 15.0 Å². The molecule has 1 saturated heterocycles. The second-order valence-corrected chi connectivity index (χ2v) is 6.53. The maximum Gasteiger partial charge on any atom is 0.120 e. The largest absolute Gasteiger partial charge is 0.491 e. The topological polar surface area (TPSA) is 57.5 Å². The molecule has 3 rings (SSSR count). The molecule has 1 atom stereocenters. The molecule has 5 nitrogen and oxygen atoms in total. The first-order chi connectivity index (χ1) is 12.7. The molecule has 1 N–H and O–H groups in total. The van der Waals surface area contributed by atoms with Crippen LogP contribution in [0, 0.1) is 11.3 Å². The van der Waals surface area contributed by atoms with Crippen molar-refractivity contribution < 1.29 is 9.47 Å². The first kappa shape index (κ1) is 18.5. The van der Waals surface area contributed by atoms with Crippen LogP contribution in [0.4, 0.5) is 5.69 Å². The summed E-state index contributed by atoms with van der Waals surface area (Å²) < 4.78 is 10.6. The van der Waals surface area contributed by atoms with E-state index in [0.717, 1.165) is 30.3 Å². The average Bonchev–Trinajstić information content (AvgIpc) is 2.69. The van der Waals surface area contributed by atoms with Crippen molar-refractivity contribution in [3.63, 3.8) is 0 Å². The highest BCUT2D eigenvalue weighted by Gasteiger charge is 2.26. The molecule has 2 aromatic rings. The number of methoxy groups -OCH3 is 1. The summed E-state index contributed by atoms with van der Waals surface area (Å²) in [6, 6.07) is 16.0. The van der Waals surface area contributed by atoms with E-state index in [-0.39, 0.29) is 6.04 Å². The molecule has 2 aromatic carbocycles. The molecule has 0 amide bonds. The summed E-state index contributed by atoms with van der Waals surface area (Å²) in [4.78, 5) is 2.28. The number of benzene rings is 2. The first-order valence-corrected chi connectivity index (χ1v) is 8.99. The van der Waals surface area contributed by atoms with E-state index in [0.29, 0.717) is 24.5 Å². The Balaban J connectivity index is 1.87. The van der Waals surface area contributed by atoms with Gasteiger partial charge >= 0.3 is 0 Å². The molecule has 0 aliphatic carbocycles. The third-order valence-corrected chi connectivity index (χ3v) is 4.70. The zero-order chi connectivity index (χ0) is 18.4. The van der Waals surface area contributed by atoms with Crippen LogP contribution in [0.5, 0.6) is 5.75 Å². The van der Waals surface area contributed by atoms with Gasteiger partial charge in [0.1, 0.15) is 18.4 Å². The first-order valence-electron chi connectivity index (χ1n) is 8.61. The van der Waals surface area contributed by atoms with E-state index in [4.69, 9.17) is 21.1 Å². The van der Waals surface area contributed by atoms with E-state index in [1.807, 2.05) is 36.4 Å². The Hall–Kier alpha value is -2.26. The molecule has 136 valence electrons. The average molecular weight is 372 g/mol. The van der Waals surface area contributed by atoms with Crippen LogP contribution in [0.25, 0.3) is 0 Å². The molecular formula is C20H22ClN3O2. The second kappa shape index (κ2) is 8.91. The minimum Gasteiger partial charge on any atom is -0.491 e. The van der Waals surface area contributed by atoms with Gasteiger partial charge in [0, 0.05) is 31.8 Å². The number of nitrogens with one attached hydrogen (secondary N) is 1. The third kappa shape index (κ3) is 4.28. The number of nitrogens with zero attached hydrogens (tertiary/aromatic N) is 2. The smallest absolute Gasteiger partial charge is 0.120 e. The lowest BCUT2D eigenvalue weighted by atomic mass is 10.0. The van der Waals surface area contributed by atoms with Crippen molar-refractivity contribution in [1.29, 1.82) is 5.26 Å². The lowest BCUT2D eigenvalue weighted by Gasteiger charge is -2.38. The van der Waals surface area contributed by atoms with Crippen molar-refractivity contribution in [2.45, 2.75) is 6.04 Å². The van der Waals surface area contributed by atoms with Gasteiger partial charge in [0.2, 0.25) is 0 Å². The molecule has 1 heterocycles. The van der Waals surface area contributed by atoms with Gasteiger partial charge in [0.25, 0.3) is 0 Å². The number of anilines is 1. The van der Waals surface area contributed by atoms with E-state index in [2.05, 4.69) is 16.3 Å². The van der Waals surface area contributed by atoms with Crippen molar-refractivity contribution in [2.24, 2.45) is 0 Å². The molecule has 6 heteroatoms. The number of halogens is 1. The van der Waals surface area contributed by atoms with Gasteiger partial charge in [-0.3, -0.25) is 0 Å². The van der Waals surface area contributed by atoms with Crippen molar-refractivity contribution >= 4 is 17.3 Å². The maximum absolute atomic E-state index is 9.65. The zero-order valence-electron chi connectivity index (χ0n) is 14.7. The maximum atomic E-state index is 9.65. The summed E-state index contributed by atoms with van der Waals surface area (Å²) in [5.41, 5.74) is 2.71. The molecule has 0 aromatic heterocycles. The minimum absolute atomic E-state index is 0.147. The summed E-state index contributed by atoms with van der Waals surface area (Å²) in [7, 11) is 1.63. The van der Waals surface area contributed by atoms with Crippen LogP contribution in [0.2, 0.25) is 5.02 Å². The van der Waals surface area contributed by atoms with E-state index in [1.165, 1.54) is 5.56 Å². The van der Waals surface area contributed by atoms with Gasteiger partial charge in [0.15, 0.2) is 0 Å². The summed E-state index contributed by atoms with van der Waals surface area (Å²) in [6.07, 6.45) is 0. The molecule has 0 radical (unpaired) electrons. The molecule has 0 saturated carbocycles. The van der Waals surface area contributed by atoms with Crippen molar-refractivity contribution in [1.82, 2.24) is 5.32 Å². The molecule has 1 aliphatic heterocycles. The van der Waals surface area contributed by atoms with Crippen LogP contribution in [0.15, 0.2) is 42.5 Å². The monoisotopic (exact) mass is 371 g/mol. The zero-order valence-corrected chi connectivity index (χ0v) is 15.5. The van der Waals surface area contributed by atoms with Crippen LogP contribution >= 0.6 is 11.6 Å². The molecule has 0 bridgehead atoms. The van der Waals surface area contributed by atoms with Gasteiger partial charge < -0.3 is 19.7 Å². The highest BCUT2D eigenvalue weighted by Crippen LogP contribution is 2.33. The van der Waals surface area contributed by atoms with Crippen LogP contribution in [0.1, 0.15) is 17.2 Å². The van der Waals surface area contributed by atoms with E-state index in [9.17, 15) is 5.26 Å². The minimum atomic E-state index is 0.147. The molecule has 26 heavy (non-hydrogen) atoms. The Labute approximate surface area is 159 Å². The normalized spacial score (nSPS) is 17.0. The molecule has 1 fully saturated rings. The predicted octanol–water partition coefficient (Wildman–Crippen LogP) is 3.39. The molecular weight excluding hydrogens is 350 g/mol. The summed E-state index contributed by atoms with van der Waals surface area (Å²) in [5.74, 6) is 0.681. The van der Waals surface area contributed by atoms with Gasteiger partial charge in [-0.15, -0.1) is 0 Å². The fraction of sp³-hybridized carbons (Fsp3) is 0.350. The van der Waals surface area contributed by atoms with Gasteiger partial charge in [-0.25, -0.2) is 0 Å². The molecule has 0 spiro atoms. The Morgan fingerprint density at radius 3 is 2.77 bits per heavy atom. The van der Waals surface area contributed by atoms with Gasteiger partial charge in [-0.2, -0.15) is 5.26 Å². The van der Waals surface area contributed by atoms with Crippen LogP contribution in [0.3, 0.4) is 0 Å². The fourth-order valence-corrected chi connectivity index (χ4v) is 3.29. The number of hydrogen-bond acceptors (Lipinski definition) is 5.